The Kier molecular flexibility index (Phi) is 2.27. The normalized spacial score (nSPS) is 47.8. The van der Waals surface area contributed by atoms with Crippen molar-refractivity contribution in [3.05, 3.63) is 11.1 Å². The first kappa shape index (κ1) is 10.8. The Labute approximate surface area is 100 Å². The molecule has 3 rings (SSSR count). The molecule has 0 aromatic carbocycles. The van der Waals surface area contributed by atoms with E-state index in [0.717, 1.165) is 5.92 Å². The lowest BCUT2D eigenvalue weighted by atomic mass is 9.72. The Bertz CT molecular complexity index is 343. The Hall–Kier alpha value is -0.300. The van der Waals surface area contributed by atoms with Crippen molar-refractivity contribution in [2.45, 2.75) is 57.9 Å². The van der Waals surface area contributed by atoms with Crippen LogP contribution < -0.4 is 0 Å². The summed E-state index contributed by atoms with van der Waals surface area (Å²) in [7, 11) is 2.53. The Morgan fingerprint density at radius 1 is 1.25 bits per heavy atom. The van der Waals surface area contributed by atoms with Gasteiger partial charge in [0.15, 0.2) is 0 Å². The maximum Gasteiger partial charge on any atom is 0.118 e. The van der Waals surface area contributed by atoms with Gasteiger partial charge in [0.25, 0.3) is 0 Å². The molecule has 3 aliphatic rings. The van der Waals surface area contributed by atoms with E-state index in [-0.39, 0.29) is 0 Å². The van der Waals surface area contributed by atoms with Gasteiger partial charge < -0.3 is 4.48 Å². The molecule has 90 valence electrons. The van der Waals surface area contributed by atoms with Crippen LogP contribution in [0, 0.1) is 5.92 Å². The van der Waals surface area contributed by atoms with Crippen LogP contribution in [0.1, 0.15) is 52.4 Å². The minimum atomic E-state index is 0.511. The van der Waals surface area contributed by atoms with Crippen LogP contribution >= 0.6 is 0 Å². The molecule has 1 nitrogen and oxygen atoms in total. The van der Waals surface area contributed by atoms with Crippen LogP contribution in [-0.2, 0) is 0 Å². The lowest BCUT2D eigenvalue weighted by Gasteiger charge is -2.57. The third kappa shape index (κ3) is 1.27. The lowest BCUT2D eigenvalue weighted by Crippen LogP contribution is -2.67. The summed E-state index contributed by atoms with van der Waals surface area (Å²) in [5, 5.41) is 0. The van der Waals surface area contributed by atoms with Crippen molar-refractivity contribution in [2.24, 2.45) is 5.92 Å². The lowest BCUT2D eigenvalue weighted by molar-refractivity contribution is -0.961. The molecule has 16 heavy (non-hydrogen) atoms. The number of rotatable bonds is 0. The smallest absolute Gasteiger partial charge is 0.118 e. The van der Waals surface area contributed by atoms with E-state index in [9.17, 15) is 0 Å². The van der Waals surface area contributed by atoms with E-state index < -0.39 is 0 Å². The highest BCUT2D eigenvalue weighted by atomic mass is 15.4. The number of fused-ring (bicyclic) bond motifs is 2. The molecule has 0 N–H and O–H groups in total. The van der Waals surface area contributed by atoms with E-state index in [1.54, 1.807) is 0 Å². The van der Waals surface area contributed by atoms with E-state index in [2.05, 4.69) is 20.9 Å². The van der Waals surface area contributed by atoms with Crippen LogP contribution in [-0.4, -0.2) is 30.2 Å². The molecular formula is C15H26N+. The predicted octanol–water partition coefficient (Wildman–Crippen LogP) is 3.51. The van der Waals surface area contributed by atoms with Crippen LogP contribution in [0.4, 0.5) is 0 Å². The molecule has 0 spiro atoms. The number of hydrogen-bond acceptors (Lipinski definition) is 0. The quantitative estimate of drug-likeness (QED) is 0.433. The zero-order valence-electron chi connectivity index (χ0n) is 11.2. The van der Waals surface area contributed by atoms with Crippen LogP contribution in [0.2, 0.25) is 0 Å². The van der Waals surface area contributed by atoms with E-state index >= 15 is 0 Å². The highest BCUT2D eigenvalue weighted by molar-refractivity contribution is 5.30. The number of hydrogen-bond donors (Lipinski definition) is 0. The molecule has 1 aliphatic carbocycles. The van der Waals surface area contributed by atoms with Gasteiger partial charge in [0, 0.05) is 18.8 Å². The fourth-order valence-electron chi connectivity index (χ4n) is 4.71. The van der Waals surface area contributed by atoms with Crippen molar-refractivity contribution < 1.29 is 4.48 Å². The second kappa shape index (κ2) is 3.35. The zero-order chi connectivity index (χ0) is 11.4. The fourth-order valence-corrected chi connectivity index (χ4v) is 4.71. The van der Waals surface area contributed by atoms with Gasteiger partial charge >= 0.3 is 0 Å². The average Bonchev–Trinajstić information content (AvgIpc) is 2.70. The number of likely N-dealkylation sites (N-methyl/N-ethyl adjacent to an activating group) is 1. The standard InChI is InChI=1S/C15H26N/c1-12-7-9-15(2)14-6-4-5-13(14)8-10-16(15,3)11-12/h12H,4-11H2,1-3H3/q+1/t12-,15+,16+/m0/s1. The Morgan fingerprint density at radius 3 is 2.88 bits per heavy atom. The highest BCUT2D eigenvalue weighted by Crippen LogP contribution is 2.50. The number of nitrogens with zero attached hydrogens (tertiary/aromatic N) is 1. The van der Waals surface area contributed by atoms with Gasteiger partial charge in [-0.2, -0.15) is 0 Å². The minimum absolute atomic E-state index is 0.511. The predicted molar refractivity (Wildman–Crippen MR) is 68.2 cm³/mol. The van der Waals surface area contributed by atoms with Gasteiger partial charge in [0.2, 0.25) is 0 Å². The van der Waals surface area contributed by atoms with E-state index in [1.807, 2.05) is 11.1 Å². The summed E-state index contributed by atoms with van der Waals surface area (Å²) in [6, 6.07) is 0. The Morgan fingerprint density at radius 2 is 2.06 bits per heavy atom. The molecule has 0 aromatic rings. The van der Waals surface area contributed by atoms with E-state index in [4.69, 9.17) is 0 Å². The maximum absolute atomic E-state index is 2.57. The molecule has 0 aromatic heterocycles. The summed E-state index contributed by atoms with van der Waals surface area (Å²) in [6.07, 6.45) is 8.54. The van der Waals surface area contributed by atoms with Gasteiger partial charge in [-0.1, -0.05) is 12.5 Å². The van der Waals surface area contributed by atoms with Gasteiger partial charge in [-0.25, -0.2) is 0 Å². The molecule has 1 saturated heterocycles. The molecule has 1 fully saturated rings. The third-order valence-corrected chi connectivity index (χ3v) is 5.92. The maximum atomic E-state index is 2.57. The zero-order valence-corrected chi connectivity index (χ0v) is 11.2. The molecule has 0 amide bonds. The molecule has 1 heteroatoms. The second-order valence-electron chi connectivity index (χ2n) is 6.91. The van der Waals surface area contributed by atoms with Crippen LogP contribution in [0.5, 0.6) is 0 Å². The first-order chi connectivity index (χ1) is 7.55. The van der Waals surface area contributed by atoms with Crippen molar-refractivity contribution in [3.63, 3.8) is 0 Å². The monoisotopic (exact) mass is 220 g/mol. The van der Waals surface area contributed by atoms with E-state index in [0.29, 0.717) is 5.54 Å². The Balaban J connectivity index is 2.02. The minimum Gasteiger partial charge on any atom is -0.317 e. The molecule has 2 aliphatic heterocycles. The first-order valence-corrected chi connectivity index (χ1v) is 7.11. The van der Waals surface area contributed by atoms with Gasteiger partial charge in [-0.3, -0.25) is 0 Å². The van der Waals surface area contributed by atoms with Crippen molar-refractivity contribution >= 4 is 0 Å². The average molecular weight is 220 g/mol. The molecule has 0 saturated carbocycles. The summed E-state index contributed by atoms with van der Waals surface area (Å²) >= 11 is 0. The van der Waals surface area contributed by atoms with Crippen molar-refractivity contribution in [1.29, 1.82) is 0 Å². The van der Waals surface area contributed by atoms with Crippen molar-refractivity contribution in [2.75, 3.05) is 20.1 Å². The molecule has 3 atom stereocenters. The molecule has 2 heterocycles. The summed E-state index contributed by atoms with van der Waals surface area (Å²) in [5.41, 5.74) is 4.25. The third-order valence-electron chi connectivity index (χ3n) is 5.92. The van der Waals surface area contributed by atoms with Gasteiger partial charge in [0.05, 0.1) is 20.1 Å². The van der Waals surface area contributed by atoms with Gasteiger partial charge in [-0.15, -0.1) is 0 Å². The first-order valence-electron chi connectivity index (χ1n) is 7.11. The molecular weight excluding hydrogens is 194 g/mol. The van der Waals surface area contributed by atoms with Gasteiger partial charge in [-0.05, 0) is 38.2 Å². The summed E-state index contributed by atoms with van der Waals surface area (Å²) in [5.74, 6) is 0.932. The highest BCUT2D eigenvalue weighted by Gasteiger charge is 2.53. The topological polar surface area (TPSA) is 0 Å². The molecule has 0 unspecified atom stereocenters. The molecule has 0 bridgehead atoms. The number of quaternary nitrogens is 1. The summed E-state index contributed by atoms with van der Waals surface area (Å²) < 4.78 is 1.34. The van der Waals surface area contributed by atoms with Gasteiger partial charge in [0.1, 0.15) is 5.54 Å². The molecule has 0 radical (unpaired) electrons. The van der Waals surface area contributed by atoms with Crippen molar-refractivity contribution in [1.82, 2.24) is 0 Å². The van der Waals surface area contributed by atoms with Crippen molar-refractivity contribution in [3.8, 4) is 0 Å². The summed E-state index contributed by atoms with van der Waals surface area (Å²) in [6.45, 7) is 7.83. The van der Waals surface area contributed by atoms with Crippen LogP contribution in [0.3, 0.4) is 0 Å². The van der Waals surface area contributed by atoms with Crippen LogP contribution in [0.15, 0.2) is 11.1 Å². The SMILES string of the molecule is C[C@H]1CC[C@]2(C)C3=C(CCC3)CC[N@+]2(C)C1. The summed E-state index contributed by atoms with van der Waals surface area (Å²) in [4.78, 5) is 0. The number of piperidine rings is 1. The van der Waals surface area contributed by atoms with Crippen LogP contribution in [0.25, 0.3) is 0 Å². The fraction of sp³-hybridized carbons (Fsp3) is 0.867. The van der Waals surface area contributed by atoms with E-state index in [1.165, 1.54) is 56.1 Å². The largest absolute Gasteiger partial charge is 0.317 e. The second-order valence-corrected chi connectivity index (χ2v) is 6.91.